The summed E-state index contributed by atoms with van der Waals surface area (Å²) in [6.07, 6.45) is 2.66. The van der Waals surface area contributed by atoms with Crippen molar-refractivity contribution in [3.63, 3.8) is 0 Å². The first-order valence-electron chi connectivity index (χ1n) is 4.38. The Bertz CT molecular complexity index is 270. The first-order valence-corrected chi connectivity index (χ1v) is 4.38. The summed E-state index contributed by atoms with van der Waals surface area (Å²) < 4.78 is 0. The molecule has 3 heteroatoms. The molecule has 0 fully saturated rings. The second-order valence-corrected chi connectivity index (χ2v) is 2.77. The Morgan fingerprint density at radius 1 is 1.54 bits per heavy atom. The van der Waals surface area contributed by atoms with Crippen LogP contribution in [0.4, 0.5) is 0 Å². The molecule has 1 aromatic heterocycles. The van der Waals surface area contributed by atoms with E-state index in [9.17, 15) is 0 Å². The zero-order chi connectivity index (χ0) is 9.52. The highest BCUT2D eigenvalue weighted by Crippen LogP contribution is 1.96. The molecule has 0 atom stereocenters. The maximum absolute atomic E-state index is 5.10. The van der Waals surface area contributed by atoms with Gasteiger partial charge in [0.05, 0.1) is 11.4 Å². The van der Waals surface area contributed by atoms with Gasteiger partial charge in [0.1, 0.15) is 0 Å². The van der Waals surface area contributed by atoms with Gasteiger partial charge in [-0.25, -0.2) is 0 Å². The lowest BCUT2D eigenvalue weighted by atomic mass is 10.3. The van der Waals surface area contributed by atoms with Crippen molar-refractivity contribution in [2.45, 2.75) is 26.9 Å². The van der Waals surface area contributed by atoms with Crippen molar-refractivity contribution >= 4 is 5.71 Å². The summed E-state index contributed by atoms with van der Waals surface area (Å²) in [7, 11) is 0. The number of pyridine rings is 1. The third-order valence-corrected chi connectivity index (χ3v) is 1.67. The molecule has 0 unspecified atom stereocenters. The summed E-state index contributed by atoms with van der Waals surface area (Å²) in [6, 6.07) is 5.73. The summed E-state index contributed by atoms with van der Waals surface area (Å²) >= 11 is 0. The van der Waals surface area contributed by atoms with E-state index in [0.717, 1.165) is 17.8 Å². The molecule has 0 aromatic carbocycles. The molecule has 1 heterocycles. The second-order valence-electron chi connectivity index (χ2n) is 2.77. The number of rotatable bonds is 4. The SMILES string of the molecule is CC/C(C)=N/OCc1ccccn1. The monoisotopic (exact) mass is 178 g/mol. The fraction of sp³-hybridized carbons (Fsp3) is 0.400. The van der Waals surface area contributed by atoms with Crippen LogP contribution in [0.15, 0.2) is 29.6 Å². The first-order chi connectivity index (χ1) is 6.33. The van der Waals surface area contributed by atoms with Gasteiger partial charge >= 0.3 is 0 Å². The molecule has 0 aliphatic heterocycles. The fourth-order valence-corrected chi connectivity index (χ4v) is 0.757. The van der Waals surface area contributed by atoms with Crippen LogP contribution < -0.4 is 0 Å². The first kappa shape index (κ1) is 9.71. The van der Waals surface area contributed by atoms with Crippen LogP contribution in [-0.4, -0.2) is 10.7 Å². The normalized spacial score (nSPS) is 11.4. The van der Waals surface area contributed by atoms with E-state index in [1.807, 2.05) is 32.0 Å². The molecule has 70 valence electrons. The molecule has 0 saturated carbocycles. The third kappa shape index (κ3) is 3.69. The van der Waals surface area contributed by atoms with Gasteiger partial charge in [0.25, 0.3) is 0 Å². The quantitative estimate of drug-likeness (QED) is 0.524. The Hall–Kier alpha value is -1.38. The highest BCUT2D eigenvalue weighted by atomic mass is 16.6. The van der Waals surface area contributed by atoms with Crippen LogP contribution in [0.1, 0.15) is 26.0 Å². The van der Waals surface area contributed by atoms with E-state index in [4.69, 9.17) is 4.84 Å². The van der Waals surface area contributed by atoms with Crippen LogP contribution in [0.25, 0.3) is 0 Å². The van der Waals surface area contributed by atoms with Crippen molar-refractivity contribution < 1.29 is 4.84 Å². The Balaban J connectivity index is 2.36. The molecule has 0 spiro atoms. The second kappa shape index (κ2) is 5.30. The van der Waals surface area contributed by atoms with Crippen LogP contribution in [0.2, 0.25) is 0 Å². The molecular weight excluding hydrogens is 164 g/mol. The lowest BCUT2D eigenvalue weighted by molar-refractivity contribution is 0.127. The van der Waals surface area contributed by atoms with Gasteiger partial charge in [-0.2, -0.15) is 0 Å². The van der Waals surface area contributed by atoms with Crippen molar-refractivity contribution in [3.05, 3.63) is 30.1 Å². The van der Waals surface area contributed by atoms with E-state index in [1.165, 1.54) is 0 Å². The van der Waals surface area contributed by atoms with Gasteiger partial charge in [0.15, 0.2) is 6.61 Å². The van der Waals surface area contributed by atoms with Crippen molar-refractivity contribution in [2.24, 2.45) is 5.16 Å². The summed E-state index contributed by atoms with van der Waals surface area (Å²) in [5.74, 6) is 0. The molecule has 0 aliphatic carbocycles. The van der Waals surface area contributed by atoms with E-state index in [2.05, 4.69) is 10.1 Å². The number of aromatic nitrogens is 1. The Morgan fingerprint density at radius 3 is 3.00 bits per heavy atom. The molecule has 0 N–H and O–H groups in total. The number of nitrogens with zero attached hydrogens (tertiary/aromatic N) is 2. The average molecular weight is 178 g/mol. The smallest absolute Gasteiger partial charge is 0.159 e. The zero-order valence-electron chi connectivity index (χ0n) is 8.03. The van der Waals surface area contributed by atoms with Crippen molar-refractivity contribution in [1.29, 1.82) is 0 Å². The van der Waals surface area contributed by atoms with E-state index in [1.54, 1.807) is 6.20 Å². The predicted octanol–water partition coefficient (Wildman–Crippen LogP) is 2.38. The molecule has 13 heavy (non-hydrogen) atoms. The molecule has 0 aliphatic rings. The fourth-order valence-electron chi connectivity index (χ4n) is 0.757. The van der Waals surface area contributed by atoms with Gasteiger partial charge in [0, 0.05) is 6.20 Å². The lowest BCUT2D eigenvalue weighted by Gasteiger charge is -1.99. The van der Waals surface area contributed by atoms with Crippen LogP contribution >= 0.6 is 0 Å². The van der Waals surface area contributed by atoms with Gasteiger partial charge in [0.2, 0.25) is 0 Å². The minimum Gasteiger partial charge on any atom is -0.389 e. The van der Waals surface area contributed by atoms with Crippen molar-refractivity contribution in [1.82, 2.24) is 4.98 Å². The van der Waals surface area contributed by atoms with Crippen LogP contribution in [0, 0.1) is 0 Å². The molecule has 1 aromatic rings. The van der Waals surface area contributed by atoms with Crippen LogP contribution in [0.3, 0.4) is 0 Å². The van der Waals surface area contributed by atoms with E-state index < -0.39 is 0 Å². The molecular formula is C10H14N2O. The largest absolute Gasteiger partial charge is 0.389 e. The Labute approximate surface area is 78.4 Å². The van der Waals surface area contributed by atoms with Gasteiger partial charge in [-0.05, 0) is 25.5 Å². The van der Waals surface area contributed by atoms with Crippen LogP contribution in [-0.2, 0) is 11.4 Å². The minimum absolute atomic E-state index is 0.443. The predicted molar refractivity (Wildman–Crippen MR) is 52.4 cm³/mol. The zero-order valence-corrected chi connectivity index (χ0v) is 8.03. The summed E-state index contributed by atoms with van der Waals surface area (Å²) in [5, 5.41) is 3.91. The van der Waals surface area contributed by atoms with Gasteiger partial charge in [-0.15, -0.1) is 0 Å². The number of hydrogen-bond acceptors (Lipinski definition) is 3. The standard InChI is InChI=1S/C10H14N2O/c1-3-9(2)12-13-8-10-6-4-5-7-11-10/h4-7H,3,8H2,1-2H3/b12-9+. The van der Waals surface area contributed by atoms with Crippen molar-refractivity contribution in [3.8, 4) is 0 Å². The topological polar surface area (TPSA) is 34.5 Å². The highest BCUT2D eigenvalue weighted by molar-refractivity contribution is 5.80. The minimum atomic E-state index is 0.443. The van der Waals surface area contributed by atoms with E-state index in [0.29, 0.717) is 6.61 Å². The van der Waals surface area contributed by atoms with Crippen LogP contribution in [0.5, 0.6) is 0 Å². The van der Waals surface area contributed by atoms with Gasteiger partial charge in [-0.1, -0.05) is 18.1 Å². The maximum atomic E-state index is 5.10. The Morgan fingerprint density at radius 2 is 2.38 bits per heavy atom. The third-order valence-electron chi connectivity index (χ3n) is 1.67. The molecule has 3 nitrogen and oxygen atoms in total. The molecule has 0 saturated heterocycles. The van der Waals surface area contributed by atoms with Crippen molar-refractivity contribution in [2.75, 3.05) is 0 Å². The van der Waals surface area contributed by atoms with E-state index >= 15 is 0 Å². The highest BCUT2D eigenvalue weighted by Gasteiger charge is 1.91. The Kier molecular flexibility index (Phi) is 3.96. The molecule has 0 radical (unpaired) electrons. The summed E-state index contributed by atoms with van der Waals surface area (Å²) in [4.78, 5) is 9.20. The molecule has 0 bridgehead atoms. The van der Waals surface area contributed by atoms with Gasteiger partial charge < -0.3 is 4.84 Å². The lowest BCUT2D eigenvalue weighted by Crippen LogP contribution is -1.93. The number of hydrogen-bond donors (Lipinski definition) is 0. The van der Waals surface area contributed by atoms with Gasteiger partial charge in [-0.3, -0.25) is 4.98 Å². The molecule has 1 rings (SSSR count). The summed E-state index contributed by atoms with van der Waals surface area (Å²) in [6.45, 7) is 4.43. The number of oxime groups is 1. The average Bonchev–Trinajstić information content (AvgIpc) is 2.19. The van der Waals surface area contributed by atoms with E-state index in [-0.39, 0.29) is 0 Å². The summed E-state index contributed by atoms with van der Waals surface area (Å²) in [5.41, 5.74) is 1.89. The maximum Gasteiger partial charge on any atom is 0.159 e. The molecule has 0 amide bonds.